The number of carbonyl (C=O) groups is 1. The van der Waals surface area contributed by atoms with Crippen LogP contribution in [0.3, 0.4) is 0 Å². The van der Waals surface area contributed by atoms with Gasteiger partial charge in [-0.05, 0) is 50.6 Å². The van der Waals surface area contributed by atoms with E-state index in [9.17, 15) is 9.90 Å². The van der Waals surface area contributed by atoms with Crippen LogP contribution in [0.5, 0.6) is 5.75 Å². The van der Waals surface area contributed by atoms with Crippen molar-refractivity contribution in [3.8, 4) is 5.75 Å². The average Bonchev–Trinajstić information content (AvgIpc) is 2.81. The molecule has 0 aliphatic heterocycles. The average molecular weight is 422 g/mol. The lowest BCUT2D eigenvalue weighted by Gasteiger charge is -2.30. The molecule has 6 heteroatoms. The number of fused-ring (bicyclic) bond motifs is 1. The van der Waals surface area contributed by atoms with Gasteiger partial charge in [0, 0.05) is 25.0 Å². The Morgan fingerprint density at radius 1 is 0.968 bits per heavy atom. The Hall–Kier alpha value is -3.12. The smallest absolute Gasteiger partial charge is 0.320 e. The van der Waals surface area contributed by atoms with Gasteiger partial charge in [0.2, 0.25) is 0 Å². The molecule has 0 unspecified atom stereocenters. The standard InChI is InChI=1S/C25H31N3O3/c1-4-27(5-2)25(30)28(6-3)17-24(29)20-11-9-12-22(16-20)31-18-21-15-14-19-10-7-8-13-23(19)26-21/h7-16,24,29H,4-6,17-18H2,1-3H3/t24-/m0/s1. The van der Waals surface area contributed by atoms with Gasteiger partial charge in [0.05, 0.1) is 23.9 Å². The van der Waals surface area contributed by atoms with Gasteiger partial charge in [0.25, 0.3) is 0 Å². The number of aliphatic hydroxyl groups is 1. The van der Waals surface area contributed by atoms with Crippen molar-refractivity contribution in [3.05, 3.63) is 71.9 Å². The van der Waals surface area contributed by atoms with E-state index in [2.05, 4.69) is 4.98 Å². The van der Waals surface area contributed by atoms with Crippen LogP contribution in [0.4, 0.5) is 4.79 Å². The molecule has 0 aliphatic carbocycles. The minimum absolute atomic E-state index is 0.0543. The fourth-order valence-electron chi connectivity index (χ4n) is 3.51. The maximum atomic E-state index is 12.6. The lowest BCUT2D eigenvalue weighted by Crippen LogP contribution is -2.44. The predicted molar refractivity (Wildman–Crippen MR) is 123 cm³/mol. The van der Waals surface area contributed by atoms with Crippen molar-refractivity contribution in [3.63, 3.8) is 0 Å². The summed E-state index contributed by atoms with van der Waals surface area (Å²) in [6.45, 7) is 8.24. The molecule has 0 saturated carbocycles. The Morgan fingerprint density at radius 3 is 2.45 bits per heavy atom. The number of benzene rings is 2. The second-order valence-electron chi connectivity index (χ2n) is 7.37. The molecule has 1 atom stereocenters. The predicted octanol–water partition coefficient (Wildman–Crippen LogP) is 4.63. The molecule has 2 amide bonds. The quantitative estimate of drug-likeness (QED) is 0.547. The van der Waals surface area contributed by atoms with E-state index in [1.165, 1.54) is 0 Å². The number of rotatable bonds is 9. The molecular weight excluding hydrogens is 390 g/mol. The van der Waals surface area contributed by atoms with Crippen molar-refractivity contribution < 1.29 is 14.6 Å². The topological polar surface area (TPSA) is 65.9 Å². The van der Waals surface area contributed by atoms with Crippen LogP contribution in [0.2, 0.25) is 0 Å². The molecule has 0 radical (unpaired) electrons. The molecule has 0 saturated heterocycles. The highest BCUT2D eigenvalue weighted by Gasteiger charge is 2.21. The molecule has 0 bridgehead atoms. The van der Waals surface area contributed by atoms with E-state index >= 15 is 0 Å². The first-order chi connectivity index (χ1) is 15.0. The van der Waals surface area contributed by atoms with Crippen LogP contribution in [0, 0.1) is 0 Å². The molecule has 3 rings (SSSR count). The van der Waals surface area contributed by atoms with Gasteiger partial charge in [-0.25, -0.2) is 9.78 Å². The molecule has 31 heavy (non-hydrogen) atoms. The summed E-state index contributed by atoms with van der Waals surface area (Å²) < 4.78 is 5.92. The highest BCUT2D eigenvalue weighted by molar-refractivity contribution is 5.78. The number of hydrogen-bond acceptors (Lipinski definition) is 4. The lowest BCUT2D eigenvalue weighted by atomic mass is 10.1. The Morgan fingerprint density at radius 2 is 1.71 bits per heavy atom. The van der Waals surface area contributed by atoms with Crippen LogP contribution >= 0.6 is 0 Å². The number of urea groups is 1. The summed E-state index contributed by atoms with van der Waals surface area (Å²) in [5.74, 6) is 0.657. The minimum atomic E-state index is -0.790. The minimum Gasteiger partial charge on any atom is -0.487 e. The summed E-state index contributed by atoms with van der Waals surface area (Å²) in [6.07, 6.45) is -0.790. The van der Waals surface area contributed by atoms with Crippen LogP contribution in [0.15, 0.2) is 60.7 Å². The van der Waals surface area contributed by atoms with E-state index < -0.39 is 6.10 Å². The summed E-state index contributed by atoms with van der Waals surface area (Å²) in [6, 6.07) is 19.3. The molecule has 1 heterocycles. The van der Waals surface area contributed by atoms with Crippen molar-refractivity contribution in [1.82, 2.24) is 14.8 Å². The van der Waals surface area contributed by atoms with Gasteiger partial charge in [-0.1, -0.05) is 36.4 Å². The Labute approximate surface area is 184 Å². The fraction of sp³-hybridized carbons (Fsp3) is 0.360. The van der Waals surface area contributed by atoms with E-state index in [0.717, 1.165) is 22.2 Å². The van der Waals surface area contributed by atoms with Crippen LogP contribution < -0.4 is 4.74 Å². The maximum absolute atomic E-state index is 12.6. The third-order valence-corrected chi connectivity index (χ3v) is 5.37. The molecule has 0 aliphatic rings. The van der Waals surface area contributed by atoms with Crippen molar-refractivity contribution in [1.29, 1.82) is 0 Å². The second kappa shape index (κ2) is 10.8. The molecule has 0 fully saturated rings. The van der Waals surface area contributed by atoms with Gasteiger partial charge in [0.1, 0.15) is 12.4 Å². The number of hydrogen-bond donors (Lipinski definition) is 1. The first-order valence-corrected chi connectivity index (χ1v) is 10.8. The summed E-state index contributed by atoms with van der Waals surface area (Å²) in [5.41, 5.74) is 2.49. The summed E-state index contributed by atoms with van der Waals surface area (Å²) >= 11 is 0. The Kier molecular flexibility index (Phi) is 7.84. The SMILES string of the molecule is CCN(CC)C(=O)N(CC)C[C@H](O)c1cccc(OCc2ccc3ccccc3n2)c1. The van der Waals surface area contributed by atoms with Gasteiger partial charge in [-0.3, -0.25) is 0 Å². The number of para-hydroxylation sites is 1. The first-order valence-electron chi connectivity index (χ1n) is 10.8. The number of nitrogens with zero attached hydrogens (tertiary/aromatic N) is 3. The lowest BCUT2D eigenvalue weighted by molar-refractivity contribution is 0.107. The first kappa shape index (κ1) is 22.6. The molecular formula is C25H31N3O3. The molecule has 3 aromatic rings. The Bertz CT molecular complexity index is 1000. The fourth-order valence-corrected chi connectivity index (χ4v) is 3.51. The number of carbonyl (C=O) groups excluding carboxylic acids is 1. The number of aromatic nitrogens is 1. The number of aliphatic hydroxyl groups excluding tert-OH is 1. The van der Waals surface area contributed by atoms with Gasteiger partial charge in [-0.2, -0.15) is 0 Å². The van der Waals surface area contributed by atoms with Gasteiger partial charge >= 0.3 is 6.03 Å². The van der Waals surface area contributed by atoms with E-state index in [1.54, 1.807) is 9.80 Å². The van der Waals surface area contributed by atoms with E-state index in [4.69, 9.17) is 4.74 Å². The second-order valence-corrected chi connectivity index (χ2v) is 7.37. The van der Waals surface area contributed by atoms with Crippen molar-refractivity contribution in [2.24, 2.45) is 0 Å². The van der Waals surface area contributed by atoms with Gasteiger partial charge in [0.15, 0.2) is 0 Å². The summed E-state index contributed by atoms with van der Waals surface area (Å²) in [5, 5.41) is 11.8. The van der Waals surface area contributed by atoms with Crippen molar-refractivity contribution in [2.45, 2.75) is 33.5 Å². The molecule has 1 N–H and O–H groups in total. The number of pyridine rings is 1. The molecule has 2 aromatic carbocycles. The third-order valence-electron chi connectivity index (χ3n) is 5.37. The van der Waals surface area contributed by atoms with Gasteiger partial charge < -0.3 is 19.6 Å². The third kappa shape index (κ3) is 5.73. The van der Waals surface area contributed by atoms with Crippen LogP contribution in [0.25, 0.3) is 10.9 Å². The normalized spacial score (nSPS) is 11.9. The maximum Gasteiger partial charge on any atom is 0.320 e. The van der Waals surface area contributed by atoms with Gasteiger partial charge in [-0.15, -0.1) is 0 Å². The van der Waals surface area contributed by atoms with Crippen molar-refractivity contribution >= 4 is 16.9 Å². The largest absolute Gasteiger partial charge is 0.487 e. The summed E-state index contributed by atoms with van der Waals surface area (Å²) in [4.78, 5) is 20.7. The molecule has 164 valence electrons. The van der Waals surface area contributed by atoms with Crippen LogP contribution in [-0.4, -0.2) is 52.1 Å². The molecule has 6 nitrogen and oxygen atoms in total. The number of likely N-dealkylation sites (N-methyl/N-ethyl adjacent to an activating group) is 1. The van der Waals surface area contributed by atoms with E-state index in [-0.39, 0.29) is 12.6 Å². The zero-order valence-electron chi connectivity index (χ0n) is 18.5. The van der Waals surface area contributed by atoms with Crippen LogP contribution in [0.1, 0.15) is 38.1 Å². The van der Waals surface area contributed by atoms with Crippen molar-refractivity contribution in [2.75, 3.05) is 26.2 Å². The highest BCUT2D eigenvalue weighted by atomic mass is 16.5. The highest BCUT2D eigenvalue weighted by Crippen LogP contribution is 2.22. The zero-order chi connectivity index (χ0) is 22.2. The monoisotopic (exact) mass is 421 g/mol. The number of amides is 2. The van der Waals surface area contributed by atoms with Crippen LogP contribution in [-0.2, 0) is 6.61 Å². The van der Waals surface area contributed by atoms with E-state index in [1.807, 2.05) is 81.4 Å². The number of ether oxygens (including phenoxy) is 1. The molecule has 0 spiro atoms. The molecule has 1 aromatic heterocycles. The summed E-state index contributed by atoms with van der Waals surface area (Å²) in [7, 11) is 0. The van der Waals surface area contributed by atoms with E-state index in [0.29, 0.717) is 32.0 Å². The Balaban J connectivity index is 1.64. The zero-order valence-corrected chi connectivity index (χ0v) is 18.5.